The Balaban J connectivity index is 0.00000242. The summed E-state index contributed by atoms with van der Waals surface area (Å²) in [5.74, 6) is 0.504. The molecule has 1 atom stereocenters. The van der Waals surface area contributed by atoms with Gasteiger partial charge in [-0.05, 0) is 17.7 Å². The van der Waals surface area contributed by atoms with Crippen molar-refractivity contribution in [1.82, 2.24) is 10.2 Å². The number of benzene rings is 1. The van der Waals surface area contributed by atoms with Crippen LogP contribution in [0.25, 0.3) is 0 Å². The number of methoxy groups -OCH3 is 1. The van der Waals surface area contributed by atoms with Gasteiger partial charge in [-0.3, -0.25) is 9.69 Å². The molecule has 1 aromatic rings. The molecule has 1 fully saturated rings. The van der Waals surface area contributed by atoms with Gasteiger partial charge in [0.05, 0.1) is 19.8 Å². The summed E-state index contributed by atoms with van der Waals surface area (Å²) in [5.41, 5.74) is 0.951. The topological polar surface area (TPSA) is 71.0 Å². The molecule has 0 aromatic heterocycles. The van der Waals surface area contributed by atoms with Crippen LogP contribution in [0, 0.1) is 0 Å². The van der Waals surface area contributed by atoms with E-state index in [0.717, 1.165) is 31.7 Å². The van der Waals surface area contributed by atoms with Crippen molar-refractivity contribution < 1.29 is 19.4 Å². The third-order valence-electron chi connectivity index (χ3n) is 3.59. The molecule has 1 aliphatic heterocycles. The van der Waals surface area contributed by atoms with Crippen LogP contribution in [0.15, 0.2) is 18.2 Å². The van der Waals surface area contributed by atoms with Gasteiger partial charge in [0.15, 0.2) is 11.5 Å². The van der Waals surface area contributed by atoms with E-state index in [1.165, 1.54) is 14.0 Å². The maximum Gasteiger partial charge on any atom is 0.308 e. The number of nitrogens with zero attached hydrogens (tertiary/aromatic N) is 1. The Bertz CT molecular complexity index is 492. The molecule has 2 N–H and O–H groups in total. The minimum absolute atomic E-state index is 0. The van der Waals surface area contributed by atoms with Crippen molar-refractivity contribution in [2.45, 2.75) is 13.0 Å². The molecule has 6 nitrogen and oxygen atoms in total. The van der Waals surface area contributed by atoms with Gasteiger partial charge in [0.2, 0.25) is 0 Å². The first-order valence-corrected chi connectivity index (χ1v) is 7.07. The van der Waals surface area contributed by atoms with Gasteiger partial charge in [-0.1, -0.05) is 6.07 Å². The third-order valence-corrected chi connectivity index (χ3v) is 3.59. The molecule has 7 heteroatoms. The first-order valence-electron chi connectivity index (χ1n) is 7.07. The number of nitrogens with one attached hydrogen (secondary N) is 1. The third kappa shape index (κ3) is 4.58. The van der Waals surface area contributed by atoms with Gasteiger partial charge >= 0.3 is 5.97 Å². The predicted molar refractivity (Wildman–Crippen MR) is 85.8 cm³/mol. The number of carbonyl (C=O) groups is 1. The van der Waals surface area contributed by atoms with Crippen molar-refractivity contribution >= 4 is 18.4 Å². The van der Waals surface area contributed by atoms with Gasteiger partial charge in [-0.25, -0.2) is 0 Å². The highest BCUT2D eigenvalue weighted by Gasteiger charge is 2.22. The first kappa shape index (κ1) is 18.7. The van der Waals surface area contributed by atoms with E-state index in [4.69, 9.17) is 9.47 Å². The van der Waals surface area contributed by atoms with Gasteiger partial charge in [0.1, 0.15) is 0 Å². The van der Waals surface area contributed by atoms with E-state index in [-0.39, 0.29) is 31.0 Å². The Kier molecular flexibility index (Phi) is 7.61. The van der Waals surface area contributed by atoms with Gasteiger partial charge < -0.3 is 19.9 Å². The molecular weight excluding hydrogens is 308 g/mol. The molecule has 0 unspecified atom stereocenters. The van der Waals surface area contributed by atoms with Crippen molar-refractivity contribution in [2.24, 2.45) is 0 Å². The maximum atomic E-state index is 11.1. The summed E-state index contributed by atoms with van der Waals surface area (Å²) in [6.45, 7) is 5.00. The zero-order valence-electron chi connectivity index (χ0n) is 12.9. The molecule has 124 valence electrons. The lowest BCUT2D eigenvalue weighted by atomic mass is 10.0. The zero-order chi connectivity index (χ0) is 15.2. The van der Waals surface area contributed by atoms with Crippen LogP contribution in [0.1, 0.15) is 18.5 Å². The fourth-order valence-corrected chi connectivity index (χ4v) is 2.56. The van der Waals surface area contributed by atoms with Crippen molar-refractivity contribution in [2.75, 3.05) is 39.9 Å². The van der Waals surface area contributed by atoms with E-state index in [2.05, 4.69) is 10.2 Å². The maximum absolute atomic E-state index is 11.1. The van der Waals surface area contributed by atoms with Crippen molar-refractivity contribution in [3.63, 3.8) is 0 Å². The van der Waals surface area contributed by atoms with E-state index in [1.807, 2.05) is 12.1 Å². The van der Waals surface area contributed by atoms with Crippen molar-refractivity contribution in [3.8, 4) is 11.5 Å². The number of piperazine rings is 1. The van der Waals surface area contributed by atoms with Crippen molar-refractivity contribution in [3.05, 3.63) is 23.8 Å². The van der Waals surface area contributed by atoms with Crippen LogP contribution < -0.4 is 14.8 Å². The molecule has 0 amide bonds. The van der Waals surface area contributed by atoms with Crippen LogP contribution in [0.3, 0.4) is 0 Å². The number of esters is 1. The number of ether oxygens (including phenoxy) is 2. The lowest BCUT2D eigenvalue weighted by molar-refractivity contribution is -0.132. The standard InChI is InChI=1S/C15H22N2O4.ClH/c1-11(19)21-14-4-3-12(9-15(14)20-2)13(10-18)17-7-5-16-6-8-17;/h3-4,9,13,16,18H,5-8,10H2,1-2H3;1H/t13-;/m0./s1. The molecular formula is C15H23ClN2O4. The van der Waals surface area contributed by atoms with Crippen LogP contribution in [0.2, 0.25) is 0 Å². The molecule has 1 aromatic carbocycles. The average molecular weight is 331 g/mol. The average Bonchev–Trinajstić information content (AvgIpc) is 2.50. The minimum Gasteiger partial charge on any atom is -0.493 e. The van der Waals surface area contributed by atoms with Crippen LogP contribution in [0.4, 0.5) is 0 Å². The van der Waals surface area contributed by atoms with E-state index in [9.17, 15) is 9.90 Å². The van der Waals surface area contributed by atoms with Crippen LogP contribution in [0.5, 0.6) is 11.5 Å². The van der Waals surface area contributed by atoms with E-state index in [0.29, 0.717) is 11.5 Å². The van der Waals surface area contributed by atoms with Gasteiger partial charge in [0.25, 0.3) is 0 Å². The number of rotatable bonds is 5. The predicted octanol–water partition coefficient (Wildman–Crippen LogP) is 0.981. The van der Waals surface area contributed by atoms with Crippen LogP contribution >= 0.6 is 12.4 Å². The molecule has 0 aliphatic carbocycles. The van der Waals surface area contributed by atoms with Crippen LogP contribution in [-0.4, -0.2) is 55.9 Å². The summed E-state index contributed by atoms with van der Waals surface area (Å²) in [7, 11) is 1.53. The number of aliphatic hydroxyl groups excluding tert-OH is 1. The Morgan fingerprint density at radius 3 is 2.59 bits per heavy atom. The summed E-state index contributed by atoms with van der Waals surface area (Å²) >= 11 is 0. The SMILES string of the molecule is COc1cc([C@H](CO)N2CCNCC2)ccc1OC(C)=O.Cl. The Labute approximate surface area is 136 Å². The number of halogens is 1. The first-order chi connectivity index (χ1) is 10.2. The molecule has 2 rings (SSSR count). The lowest BCUT2D eigenvalue weighted by Crippen LogP contribution is -2.46. The molecule has 1 heterocycles. The molecule has 0 radical (unpaired) electrons. The van der Waals surface area contributed by atoms with E-state index >= 15 is 0 Å². The highest BCUT2D eigenvalue weighted by molar-refractivity contribution is 5.85. The Morgan fingerprint density at radius 1 is 1.36 bits per heavy atom. The molecule has 1 saturated heterocycles. The van der Waals surface area contributed by atoms with Gasteiger partial charge in [0, 0.05) is 33.1 Å². The Morgan fingerprint density at radius 2 is 2.05 bits per heavy atom. The summed E-state index contributed by atoms with van der Waals surface area (Å²) in [6, 6.07) is 5.32. The highest BCUT2D eigenvalue weighted by Crippen LogP contribution is 2.32. The van der Waals surface area contributed by atoms with E-state index in [1.54, 1.807) is 6.07 Å². The monoisotopic (exact) mass is 330 g/mol. The summed E-state index contributed by atoms with van der Waals surface area (Å²) in [5, 5.41) is 13.0. The fourth-order valence-electron chi connectivity index (χ4n) is 2.56. The lowest BCUT2D eigenvalue weighted by Gasteiger charge is -2.34. The Hall–Kier alpha value is -1.34. The second-order valence-corrected chi connectivity index (χ2v) is 4.99. The summed E-state index contributed by atoms with van der Waals surface area (Å²) in [4.78, 5) is 13.3. The van der Waals surface area contributed by atoms with Gasteiger partial charge in [-0.2, -0.15) is 0 Å². The quantitative estimate of drug-likeness (QED) is 0.619. The zero-order valence-corrected chi connectivity index (χ0v) is 13.7. The molecule has 0 saturated carbocycles. The number of carbonyl (C=O) groups excluding carboxylic acids is 1. The van der Waals surface area contributed by atoms with E-state index < -0.39 is 0 Å². The number of aliphatic hydroxyl groups is 1. The molecule has 0 bridgehead atoms. The fraction of sp³-hybridized carbons (Fsp3) is 0.533. The smallest absolute Gasteiger partial charge is 0.308 e. The summed E-state index contributed by atoms with van der Waals surface area (Å²) < 4.78 is 10.4. The molecule has 1 aliphatic rings. The van der Waals surface area contributed by atoms with Crippen molar-refractivity contribution in [1.29, 1.82) is 0 Å². The number of hydrogen-bond donors (Lipinski definition) is 2. The summed E-state index contributed by atoms with van der Waals surface area (Å²) in [6.07, 6.45) is 0. The molecule has 22 heavy (non-hydrogen) atoms. The van der Waals surface area contributed by atoms with Crippen LogP contribution in [-0.2, 0) is 4.79 Å². The second kappa shape index (κ2) is 8.95. The normalized spacial score (nSPS) is 16.5. The largest absolute Gasteiger partial charge is 0.493 e. The highest BCUT2D eigenvalue weighted by atomic mass is 35.5. The second-order valence-electron chi connectivity index (χ2n) is 4.99. The number of hydrogen-bond acceptors (Lipinski definition) is 6. The minimum atomic E-state index is -0.387. The van der Waals surface area contributed by atoms with Gasteiger partial charge in [-0.15, -0.1) is 12.4 Å². The molecule has 0 spiro atoms.